The normalized spacial score (nSPS) is 11.6. The molecule has 27 heavy (non-hydrogen) atoms. The average molecular weight is 502 g/mol. The molecule has 3 N–H and O–H groups in total. The molecule has 0 amide bonds. The number of nitrogens with one attached hydrogen (secondary N) is 3. The molecule has 2 rings (SSSR count). The Balaban J connectivity index is 0.00000364. The minimum absolute atomic E-state index is 0. The van der Waals surface area contributed by atoms with Gasteiger partial charge in [-0.15, -0.1) is 24.0 Å². The van der Waals surface area contributed by atoms with E-state index < -0.39 is 10.0 Å². The maximum atomic E-state index is 11.7. The number of sulfonamides is 1. The SMILES string of the molecule is CN=C(NCCc1ccccc1)NCc1cccc(CS(=O)(=O)NC)c1.I. The molecule has 148 valence electrons. The van der Waals surface area contributed by atoms with Crippen molar-refractivity contribution in [3.05, 3.63) is 71.3 Å². The van der Waals surface area contributed by atoms with E-state index in [1.165, 1.54) is 12.6 Å². The third-order valence-electron chi connectivity index (χ3n) is 3.89. The van der Waals surface area contributed by atoms with Crippen molar-refractivity contribution in [2.24, 2.45) is 4.99 Å². The van der Waals surface area contributed by atoms with E-state index in [0.29, 0.717) is 12.5 Å². The number of hydrogen-bond donors (Lipinski definition) is 3. The van der Waals surface area contributed by atoms with Gasteiger partial charge in [0.15, 0.2) is 5.96 Å². The van der Waals surface area contributed by atoms with E-state index in [1.54, 1.807) is 7.05 Å². The van der Waals surface area contributed by atoms with Crippen LogP contribution in [-0.2, 0) is 28.7 Å². The fourth-order valence-corrected chi connectivity index (χ4v) is 3.26. The van der Waals surface area contributed by atoms with Crippen molar-refractivity contribution in [1.82, 2.24) is 15.4 Å². The van der Waals surface area contributed by atoms with Crippen LogP contribution in [0.3, 0.4) is 0 Å². The fourth-order valence-electron chi connectivity index (χ4n) is 2.50. The molecule has 2 aromatic rings. The van der Waals surface area contributed by atoms with Crippen molar-refractivity contribution in [2.75, 3.05) is 20.6 Å². The Morgan fingerprint density at radius 1 is 0.963 bits per heavy atom. The molecule has 0 heterocycles. The summed E-state index contributed by atoms with van der Waals surface area (Å²) in [6, 6.07) is 17.8. The topological polar surface area (TPSA) is 82.6 Å². The van der Waals surface area contributed by atoms with E-state index in [2.05, 4.69) is 32.5 Å². The largest absolute Gasteiger partial charge is 0.356 e. The van der Waals surface area contributed by atoms with Crippen molar-refractivity contribution in [3.63, 3.8) is 0 Å². The van der Waals surface area contributed by atoms with Gasteiger partial charge in [0.25, 0.3) is 0 Å². The predicted octanol–water partition coefficient (Wildman–Crippen LogP) is 2.26. The summed E-state index contributed by atoms with van der Waals surface area (Å²) in [6.07, 6.45) is 0.916. The zero-order valence-corrected chi connectivity index (χ0v) is 18.8. The van der Waals surface area contributed by atoms with Crippen LogP contribution >= 0.6 is 24.0 Å². The monoisotopic (exact) mass is 502 g/mol. The smallest absolute Gasteiger partial charge is 0.215 e. The van der Waals surface area contributed by atoms with E-state index >= 15 is 0 Å². The standard InChI is InChI=1S/C19H26N4O2S.HI/c1-20-19(22-12-11-16-7-4-3-5-8-16)23-14-17-9-6-10-18(13-17)15-26(24,25)21-2;/h3-10,13,21H,11-12,14-15H2,1-2H3,(H2,20,22,23);1H. The number of hydrogen-bond acceptors (Lipinski definition) is 3. The third-order valence-corrected chi connectivity index (χ3v) is 5.23. The first-order valence-electron chi connectivity index (χ1n) is 8.50. The van der Waals surface area contributed by atoms with E-state index in [0.717, 1.165) is 24.1 Å². The highest BCUT2D eigenvalue weighted by atomic mass is 127. The second-order valence-corrected chi connectivity index (χ2v) is 7.80. The number of nitrogens with zero attached hydrogens (tertiary/aromatic N) is 1. The van der Waals surface area contributed by atoms with Crippen LogP contribution in [0.25, 0.3) is 0 Å². The molecule has 0 spiro atoms. The van der Waals surface area contributed by atoms with Crippen molar-refractivity contribution in [3.8, 4) is 0 Å². The summed E-state index contributed by atoms with van der Waals surface area (Å²) >= 11 is 0. The predicted molar refractivity (Wildman–Crippen MR) is 122 cm³/mol. The Labute approximate surface area is 178 Å². The van der Waals surface area contributed by atoms with Crippen LogP contribution in [0.15, 0.2) is 59.6 Å². The van der Waals surface area contributed by atoms with Gasteiger partial charge in [-0.1, -0.05) is 54.6 Å². The van der Waals surface area contributed by atoms with Gasteiger partial charge in [0.05, 0.1) is 5.75 Å². The van der Waals surface area contributed by atoms with Gasteiger partial charge in [-0.05, 0) is 30.2 Å². The molecule has 0 aliphatic rings. The molecule has 0 bridgehead atoms. The lowest BCUT2D eigenvalue weighted by Crippen LogP contribution is -2.37. The first-order valence-corrected chi connectivity index (χ1v) is 10.1. The van der Waals surface area contributed by atoms with Crippen molar-refractivity contribution in [1.29, 1.82) is 0 Å². The van der Waals surface area contributed by atoms with Gasteiger partial charge >= 0.3 is 0 Å². The Morgan fingerprint density at radius 2 is 1.63 bits per heavy atom. The molecule has 2 aromatic carbocycles. The molecule has 6 nitrogen and oxygen atoms in total. The minimum atomic E-state index is -3.27. The molecular weight excluding hydrogens is 475 g/mol. The average Bonchev–Trinajstić information content (AvgIpc) is 2.65. The quantitative estimate of drug-likeness (QED) is 0.294. The van der Waals surface area contributed by atoms with Crippen molar-refractivity contribution in [2.45, 2.75) is 18.7 Å². The van der Waals surface area contributed by atoms with Crippen molar-refractivity contribution >= 4 is 40.0 Å². The van der Waals surface area contributed by atoms with E-state index in [1.807, 2.05) is 42.5 Å². The van der Waals surface area contributed by atoms with Crippen LogP contribution in [-0.4, -0.2) is 35.0 Å². The zero-order chi connectivity index (χ0) is 18.8. The van der Waals surface area contributed by atoms with Gasteiger partial charge < -0.3 is 10.6 Å². The lowest BCUT2D eigenvalue weighted by atomic mass is 10.1. The summed E-state index contributed by atoms with van der Waals surface area (Å²) in [4.78, 5) is 4.22. The van der Waals surface area contributed by atoms with Gasteiger partial charge in [0.1, 0.15) is 0 Å². The summed E-state index contributed by atoms with van der Waals surface area (Å²) in [6.45, 7) is 1.35. The van der Waals surface area contributed by atoms with Gasteiger partial charge in [-0.2, -0.15) is 0 Å². The first kappa shape index (κ1) is 23.4. The van der Waals surface area contributed by atoms with Gasteiger partial charge in [0, 0.05) is 20.1 Å². The van der Waals surface area contributed by atoms with Crippen molar-refractivity contribution < 1.29 is 8.42 Å². The third kappa shape index (κ3) is 8.72. The summed E-state index contributed by atoms with van der Waals surface area (Å²) in [5, 5.41) is 6.53. The molecule has 0 atom stereocenters. The second kappa shape index (κ2) is 11.9. The van der Waals surface area contributed by atoms with Crippen LogP contribution in [0.4, 0.5) is 0 Å². The molecular formula is C19H27IN4O2S. The maximum absolute atomic E-state index is 11.7. The highest BCUT2D eigenvalue weighted by Crippen LogP contribution is 2.08. The second-order valence-electron chi connectivity index (χ2n) is 5.87. The van der Waals surface area contributed by atoms with E-state index in [-0.39, 0.29) is 29.7 Å². The Bertz CT molecular complexity index is 827. The maximum Gasteiger partial charge on any atom is 0.215 e. The number of rotatable bonds is 8. The number of benzene rings is 2. The highest BCUT2D eigenvalue weighted by Gasteiger charge is 2.09. The van der Waals surface area contributed by atoms with Gasteiger partial charge in [0.2, 0.25) is 10.0 Å². The molecule has 0 fully saturated rings. The molecule has 0 aromatic heterocycles. The Kier molecular flexibility index (Phi) is 10.3. The number of guanidine groups is 1. The number of aliphatic imine (C=N–C) groups is 1. The van der Waals surface area contributed by atoms with Gasteiger partial charge in [-0.3, -0.25) is 4.99 Å². The van der Waals surface area contributed by atoms with Crippen LogP contribution in [0.1, 0.15) is 16.7 Å². The fraction of sp³-hybridized carbons (Fsp3) is 0.316. The lowest BCUT2D eigenvalue weighted by molar-refractivity contribution is 0.587. The molecule has 0 aliphatic carbocycles. The lowest BCUT2D eigenvalue weighted by Gasteiger charge is -2.12. The summed E-state index contributed by atoms with van der Waals surface area (Å²) in [5.74, 6) is 0.690. The summed E-state index contributed by atoms with van der Waals surface area (Å²) < 4.78 is 25.7. The summed E-state index contributed by atoms with van der Waals surface area (Å²) in [5.41, 5.74) is 3.03. The highest BCUT2D eigenvalue weighted by molar-refractivity contribution is 14.0. The van der Waals surface area contributed by atoms with Crippen LogP contribution in [0.2, 0.25) is 0 Å². The molecule has 0 saturated heterocycles. The molecule has 8 heteroatoms. The number of halogens is 1. The van der Waals surface area contributed by atoms with Crippen LogP contribution in [0.5, 0.6) is 0 Å². The van der Waals surface area contributed by atoms with E-state index in [4.69, 9.17) is 0 Å². The van der Waals surface area contributed by atoms with E-state index in [9.17, 15) is 8.42 Å². The molecule has 0 saturated carbocycles. The van der Waals surface area contributed by atoms with Crippen LogP contribution in [0, 0.1) is 0 Å². The molecule has 0 unspecified atom stereocenters. The summed E-state index contributed by atoms with van der Waals surface area (Å²) in [7, 11) is -0.118. The molecule has 0 radical (unpaired) electrons. The van der Waals surface area contributed by atoms with Crippen LogP contribution < -0.4 is 15.4 Å². The molecule has 0 aliphatic heterocycles. The Hall–Kier alpha value is -1.65. The van der Waals surface area contributed by atoms with Gasteiger partial charge in [-0.25, -0.2) is 13.1 Å². The minimum Gasteiger partial charge on any atom is -0.356 e. The Morgan fingerprint density at radius 3 is 2.30 bits per heavy atom. The zero-order valence-electron chi connectivity index (χ0n) is 15.6. The first-order chi connectivity index (χ1) is 12.5.